The maximum absolute atomic E-state index is 13.2. The Bertz CT molecular complexity index is 1380. The highest BCUT2D eigenvalue weighted by Crippen LogP contribution is 2.40. The molecule has 5 rings (SSSR count). The van der Waals surface area contributed by atoms with Gasteiger partial charge in [-0.1, -0.05) is 30.3 Å². The molecule has 0 saturated carbocycles. The van der Waals surface area contributed by atoms with E-state index >= 15 is 0 Å². The number of nitrogens with zero attached hydrogens (tertiary/aromatic N) is 1. The summed E-state index contributed by atoms with van der Waals surface area (Å²) in [6.45, 7) is 0. The molecular formula is C28H24N2O4S. The molecule has 176 valence electrons. The number of rotatable bonds is 6. The molecule has 2 heterocycles. The highest BCUT2D eigenvalue weighted by molar-refractivity contribution is 7.16. The van der Waals surface area contributed by atoms with Crippen LogP contribution >= 0.6 is 11.3 Å². The number of hydrogen-bond acceptors (Lipinski definition) is 6. The van der Waals surface area contributed by atoms with Gasteiger partial charge in [-0.2, -0.15) is 0 Å². The Balaban J connectivity index is 1.39. The van der Waals surface area contributed by atoms with Gasteiger partial charge in [-0.05, 0) is 67.6 Å². The van der Waals surface area contributed by atoms with Crippen molar-refractivity contribution >= 4 is 40.1 Å². The number of aliphatic imine (C=N–C) groups is 1. The zero-order valence-electron chi connectivity index (χ0n) is 19.2. The Kier molecular flexibility index (Phi) is 6.59. The van der Waals surface area contributed by atoms with Crippen LogP contribution in [0.25, 0.3) is 11.3 Å². The molecule has 6 nitrogen and oxygen atoms in total. The molecule has 1 amide bonds. The van der Waals surface area contributed by atoms with Gasteiger partial charge in [0.15, 0.2) is 0 Å². The molecule has 0 spiro atoms. The van der Waals surface area contributed by atoms with Crippen LogP contribution in [0.1, 0.15) is 49.8 Å². The number of carbonyl (C=O) groups is 2. The molecule has 0 radical (unpaired) electrons. The van der Waals surface area contributed by atoms with Crippen molar-refractivity contribution in [1.82, 2.24) is 0 Å². The lowest BCUT2D eigenvalue weighted by atomic mass is 9.95. The van der Waals surface area contributed by atoms with Crippen LogP contribution in [0.4, 0.5) is 10.7 Å². The molecule has 1 aliphatic carbocycles. The number of esters is 1. The summed E-state index contributed by atoms with van der Waals surface area (Å²) in [5.74, 6) is 0.733. The molecule has 2 aromatic heterocycles. The summed E-state index contributed by atoms with van der Waals surface area (Å²) >= 11 is 1.59. The Hall–Kier alpha value is -3.97. The van der Waals surface area contributed by atoms with E-state index in [1.54, 1.807) is 29.7 Å². The molecule has 0 saturated heterocycles. The predicted octanol–water partition coefficient (Wildman–Crippen LogP) is 6.68. The SMILES string of the molecule is COC(=O)c1ccc(-c2ccc(C=Nc3sc4c(c3C(=O)Nc3ccccc3)CCCC4)o2)cc1. The van der Waals surface area contributed by atoms with Crippen molar-refractivity contribution in [3.63, 3.8) is 0 Å². The Morgan fingerprint density at radius 2 is 1.77 bits per heavy atom. The smallest absolute Gasteiger partial charge is 0.337 e. The molecule has 1 aliphatic rings. The summed E-state index contributed by atoms with van der Waals surface area (Å²) in [5.41, 5.74) is 3.86. The molecule has 4 aromatic rings. The second kappa shape index (κ2) is 10.1. The number of furan rings is 1. The largest absolute Gasteiger partial charge is 0.465 e. The van der Waals surface area contributed by atoms with Gasteiger partial charge < -0.3 is 14.5 Å². The summed E-state index contributed by atoms with van der Waals surface area (Å²) in [4.78, 5) is 30.8. The third kappa shape index (κ3) is 4.95. The van der Waals surface area contributed by atoms with E-state index in [-0.39, 0.29) is 11.9 Å². The van der Waals surface area contributed by atoms with Gasteiger partial charge in [0, 0.05) is 16.1 Å². The summed E-state index contributed by atoms with van der Waals surface area (Å²) in [6, 6.07) is 20.2. The first kappa shape index (κ1) is 22.8. The van der Waals surface area contributed by atoms with Crippen molar-refractivity contribution in [2.45, 2.75) is 25.7 Å². The average molecular weight is 485 g/mol. The number of para-hydroxylation sites is 1. The van der Waals surface area contributed by atoms with Gasteiger partial charge in [-0.25, -0.2) is 9.79 Å². The van der Waals surface area contributed by atoms with Crippen LogP contribution in [0.2, 0.25) is 0 Å². The lowest BCUT2D eigenvalue weighted by molar-refractivity contribution is 0.0600. The molecule has 0 unspecified atom stereocenters. The van der Waals surface area contributed by atoms with Crippen LogP contribution in [0.15, 0.2) is 76.1 Å². The zero-order chi connectivity index (χ0) is 24.2. The minimum absolute atomic E-state index is 0.131. The van der Waals surface area contributed by atoms with E-state index < -0.39 is 0 Å². The molecule has 35 heavy (non-hydrogen) atoms. The molecule has 1 N–H and O–H groups in total. The molecule has 0 bridgehead atoms. The highest BCUT2D eigenvalue weighted by atomic mass is 32.1. The topological polar surface area (TPSA) is 80.9 Å². The number of thiophene rings is 1. The van der Waals surface area contributed by atoms with Crippen LogP contribution in [-0.2, 0) is 17.6 Å². The second-order valence-electron chi connectivity index (χ2n) is 8.24. The third-order valence-electron chi connectivity index (χ3n) is 5.94. The highest BCUT2D eigenvalue weighted by Gasteiger charge is 2.25. The van der Waals surface area contributed by atoms with E-state index in [0.717, 1.165) is 42.5 Å². The van der Waals surface area contributed by atoms with Gasteiger partial charge in [0.2, 0.25) is 0 Å². The quantitative estimate of drug-likeness (QED) is 0.245. The van der Waals surface area contributed by atoms with Crippen LogP contribution < -0.4 is 5.32 Å². The number of aryl methyl sites for hydroxylation is 1. The van der Waals surface area contributed by atoms with Crippen molar-refractivity contribution in [1.29, 1.82) is 0 Å². The Morgan fingerprint density at radius 3 is 2.54 bits per heavy atom. The van der Waals surface area contributed by atoms with Crippen molar-refractivity contribution in [2.24, 2.45) is 4.99 Å². The van der Waals surface area contributed by atoms with Gasteiger partial charge in [0.1, 0.15) is 16.5 Å². The minimum Gasteiger partial charge on any atom is -0.465 e. The van der Waals surface area contributed by atoms with Gasteiger partial charge in [-0.3, -0.25) is 4.79 Å². The number of carbonyl (C=O) groups excluding carboxylic acids is 2. The van der Waals surface area contributed by atoms with Crippen LogP contribution in [0.5, 0.6) is 0 Å². The maximum atomic E-state index is 13.2. The number of fused-ring (bicyclic) bond motifs is 1. The van der Waals surface area contributed by atoms with E-state index in [4.69, 9.17) is 9.15 Å². The molecule has 7 heteroatoms. The van der Waals surface area contributed by atoms with Gasteiger partial charge in [0.05, 0.1) is 24.5 Å². The van der Waals surface area contributed by atoms with Crippen LogP contribution in [0.3, 0.4) is 0 Å². The van der Waals surface area contributed by atoms with Crippen molar-refractivity contribution in [2.75, 3.05) is 12.4 Å². The van der Waals surface area contributed by atoms with Crippen LogP contribution in [-0.4, -0.2) is 25.2 Å². The molecule has 0 aliphatic heterocycles. The fourth-order valence-electron chi connectivity index (χ4n) is 4.18. The minimum atomic E-state index is -0.380. The van der Waals surface area contributed by atoms with Crippen molar-refractivity contribution in [3.05, 3.63) is 94.1 Å². The summed E-state index contributed by atoms with van der Waals surface area (Å²) in [7, 11) is 1.36. The number of amides is 1. The summed E-state index contributed by atoms with van der Waals surface area (Å²) in [5, 5.41) is 3.71. The number of benzene rings is 2. The van der Waals surface area contributed by atoms with Crippen molar-refractivity contribution < 1.29 is 18.7 Å². The molecular weight excluding hydrogens is 460 g/mol. The summed E-state index contributed by atoms with van der Waals surface area (Å²) < 4.78 is 10.7. The zero-order valence-corrected chi connectivity index (χ0v) is 20.1. The third-order valence-corrected chi connectivity index (χ3v) is 7.14. The van der Waals surface area contributed by atoms with E-state index in [1.165, 1.54) is 12.0 Å². The number of anilines is 1. The number of ether oxygens (including phenoxy) is 1. The fraction of sp³-hybridized carbons (Fsp3) is 0.179. The summed E-state index contributed by atoms with van der Waals surface area (Å²) in [6.07, 6.45) is 5.74. The molecule has 2 aromatic carbocycles. The number of nitrogens with one attached hydrogen (secondary N) is 1. The van der Waals surface area contributed by atoms with E-state index in [9.17, 15) is 9.59 Å². The number of hydrogen-bond donors (Lipinski definition) is 1. The Labute approximate surface area is 207 Å². The van der Waals surface area contributed by atoms with Gasteiger partial charge in [-0.15, -0.1) is 11.3 Å². The van der Waals surface area contributed by atoms with Gasteiger partial charge in [0.25, 0.3) is 5.91 Å². The van der Waals surface area contributed by atoms with Gasteiger partial charge >= 0.3 is 5.97 Å². The predicted molar refractivity (Wildman–Crippen MR) is 138 cm³/mol. The Morgan fingerprint density at radius 1 is 1.00 bits per heavy atom. The first-order chi connectivity index (χ1) is 17.1. The van der Waals surface area contributed by atoms with E-state index in [2.05, 4.69) is 10.3 Å². The van der Waals surface area contributed by atoms with E-state index in [1.807, 2.05) is 54.6 Å². The lowest BCUT2D eigenvalue weighted by Gasteiger charge is -2.12. The second-order valence-corrected chi connectivity index (χ2v) is 9.32. The number of methoxy groups -OCH3 is 1. The molecule has 0 fully saturated rings. The monoisotopic (exact) mass is 484 g/mol. The normalized spacial score (nSPS) is 12.9. The molecule has 0 atom stereocenters. The lowest BCUT2D eigenvalue weighted by Crippen LogP contribution is -2.14. The van der Waals surface area contributed by atoms with Crippen molar-refractivity contribution in [3.8, 4) is 11.3 Å². The average Bonchev–Trinajstić information content (AvgIpc) is 3.52. The first-order valence-corrected chi connectivity index (χ1v) is 12.3. The standard InChI is InChI=1S/C28H24N2O4S/c1-33-28(32)19-13-11-18(12-14-19)23-16-15-21(34-23)17-29-27-25(22-9-5-6-10-24(22)35-27)26(31)30-20-7-3-2-4-8-20/h2-4,7-8,11-17H,5-6,9-10H2,1H3,(H,30,31). The fourth-order valence-corrected chi connectivity index (χ4v) is 5.41. The maximum Gasteiger partial charge on any atom is 0.337 e. The first-order valence-electron chi connectivity index (χ1n) is 11.5. The van der Waals surface area contributed by atoms with E-state index in [0.29, 0.717) is 27.6 Å². The van der Waals surface area contributed by atoms with Crippen LogP contribution in [0, 0.1) is 0 Å².